The smallest absolute Gasteiger partial charge is 0.357 e. The fraction of sp³-hybridized carbons (Fsp3) is 0.0833. The predicted molar refractivity (Wildman–Crippen MR) is 75.9 cm³/mol. The first-order valence-electron chi connectivity index (χ1n) is 5.41. The Hall–Kier alpha value is -2.05. The first-order chi connectivity index (χ1) is 9.49. The predicted octanol–water partition coefficient (Wildman–Crippen LogP) is 2.61. The van der Waals surface area contributed by atoms with Crippen molar-refractivity contribution in [3.8, 4) is 0 Å². The van der Waals surface area contributed by atoms with E-state index < -0.39 is 11.5 Å². The van der Waals surface area contributed by atoms with Gasteiger partial charge >= 0.3 is 5.97 Å². The summed E-state index contributed by atoms with van der Waals surface area (Å²) in [4.78, 5) is 29.2. The number of carbonyl (C=O) groups is 1. The molecule has 0 radical (unpaired) electrons. The van der Waals surface area contributed by atoms with Crippen LogP contribution in [0.5, 0.6) is 0 Å². The van der Waals surface area contributed by atoms with Gasteiger partial charge in [0.1, 0.15) is 0 Å². The van der Waals surface area contributed by atoms with Crippen LogP contribution in [0.2, 0.25) is 10.0 Å². The number of aromatic nitrogens is 2. The van der Waals surface area contributed by atoms with Crippen molar-refractivity contribution in [1.82, 2.24) is 9.97 Å². The number of aromatic amines is 1. The van der Waals surface area contributed by atoms with Crippen molar-refractivity contribution in [3.05, 3.63) is 50.4 Å². The second-order valence-corrected chi connectivity index (χ2v) is 4.56. The molecule has 1 aromatic carbocycles. The number of H-pyrrole nitrogens is 1. The van der Waals surface area contributed by atoms with Gasteiger partial charge in [-0.05, 0) is 18.2 Å². The molecule has 2 aromatic rings. The van der Waals surface area contributed by atoms with Crippen LogP contribution in [0.25, 0.3) is 0 Å². The summed E-state index contributed by atoms with van der Waals surface area (Å²) in [5, 5.41) is 3.62. The van der Waals surface area contributed by atoms with E-state index in [1.807, 2.05) is 0 Å². The van der Waals surface area contributed by atoms with E-state index >= 15 is 0 Å². The molecule has 1 aromatic heterocycles. The average Bonchev–Trinajstić information content (AvgIpc) is 2.40. The van der Waals surface area contributed by atoms with Gasteiger partial charge < -0.3 is 10.1 Å². The highest BCUT2D eigenvalue weighted by Gasteiger charge is 2.11. The summed E-state index contributed by atoms with van der Waals surface area (Å²) in [5.74, 6) is -0.636. The van der Waals surface area contributed by atoms with E-state index in [0.29, 0.717) is 15.7 Å². The molecule has 0 saturated carbocycles. The summed E-state index contributed by atoms with van der Waals surface area (Å²) in [7, 11) is 1.20. The highest BCUT2D eigenvalue weighted by Crippen LogP contribution is 2.26. The normalized spacial score (nSPS) is 10.2. The van der Waals surface area contributed by atoms with Gasteiger partial charge in [-0.2, -0.15) is 0 Å². The van der Waals surface area contributed by atoms with E-state index in [-0.39, 0.29) is 11.6 Å². The molecule has 0 atom stereocenters. The molecule has 0 aliphatic heterocycles. The summed E-state index contributed by atoms with van der Waals surface area (Å²) in [6, 6.07) is 5.82. The zero-order valence-electron chi connectivity index (χ0n) is 10.2. The van der Waals surface area contributed by atoms with E-state index in [1.54, 1.807) is 12.1 Å². The van der Waals surface area contributed by atoms with Crippen molar-refractivity contribution in [1.29, 1.82) is 0 Å². The standard InChI is InChI=1S/C12H9Cl2N3O3/c1-20-11(19)9-5-10(18)17-12(16-9)15-8-3-2-6(13)4-7(8)14/h2-5H,1H3,(H2,15,16,17,18). The molecule has 1 heterocycles. The van der Waals surface area contributed by atoms with Gasteiger partial charge in [0.2, 0.25) is 5.95 Å². The van der Waals surface area contributed by atoms with Crippen LogP contribution in [0.1, 0.15) is 10.5 Å². The summed E-state index contributed by atoms with van der Waals surface area (Å²) in [6.45, 7) is 0. The minimum Gasteiger partial charge on any atom is -0.464 e. The molecule has 104 valence electrons. The molecule has 0 saturated heterocycles. The van der Waals surface area contributed by atoms with E-state index in [2.05, 4.69) is 20.0 Å². The van der Waals surface area contributed by atoms with Crippen LogP contribution in [0.4, 0.5) is 11.6 Å². The quantitative estimate of drug-likeness (QED) is 0.851. The molecule has 0 unspecified atom stereocenters. The van der Waals surface area contributed by atoms with Crippen molar-refractivity contribution in [2.24, 2.45) is 0 Å². The number of methoxy groups -OCH3 is 1. The van der Waals surface area contributed by atoms with Gasteiger partial charge in [0.25, 0.3) is 5.56 Å². The lowest BCUT2D eigenvalue weighted by Crippen LogP contribution is -2.16. The zero-order chi connectivity index (χ0) is 14.7. The van der Waals surface area contributed by atoms with Gasteiger partial charge in [-0.3, -0.25) is 9.78 Å². The fourth-order valence-electron chi connectivity index (χ4n) is 1.44. The highest BCUT2D eigenvalue weighted by molar-refractivity contribution is 6.36. The van der Waals surface area contributed by atoms with Gasteiger partial charge in [0, 0.05) is 11.1 Å². The van der Waals surface area contributed by atoms with E-state index in [1.165, 1.54) is 13.2 Å². The summed E-state index contributed by atoms with van der Waals surface area (Å²) < 4.78 is 4.51. The van der Waals surface area contributed by atoms with E-state index in [0.717, 1.165) is 6.07 Å². The molecule has 20 heavy (non-hydrogen) atoms. The molecule has 6 nitrogen and oxygen atoms in total. The summed E-state index contributed by atoms with van der Waals surface area (Å²) in [6.07, 6.45) is 0. The zero-order valence-corrected chi connectivity index (χ0v) is 11.7. The first-order valence-corrected chi connectivity index (χ1v) is 6.17. The lowest BCUT2D eigenvalue weighted by Gasteiger charge is -2.08. The number of nitrogens with one attached hydrogen (secondary N) is 2. The van der Waals surface area contributed by atoms with Gasteiger partial charge in [0.05, 0.1) is 17.8 Å². The second-order valence-electron chi connectivity index (χ2n) is 3.72. The minimum absolute atomic E-state index is 0.0714. The Morgan fingerprint density at radius 3 is 2.75 bits per heavy atom. The lowest BCUT2D eigenvalue weighted by atomic mass is 10.3. The molecule has 2 N–H and O–H groups in total. The Kier molecular flexibility index (Phi) is 4.26. The Morgan fingerprint density at radius 2 is 2.10 bits per heavy atom. The van der Waals surface area contributed by atoms with Crippen molar-refractivity contribution < 1.29 is 9.53 Å². The van der Waals surface area contributed by atoms with E-state index in [4.69, 9.17) is 23.2 Å². The number of halogens is 2. The second kappa shape index (κ2) is 5.94. The van der Waals surface area contributed by atoms with Crippen molar-refractivity contribution in [2.45, 2.75) is 0 Å². The van der Waals surface area contributed by atoms with Crippen LogP contribution in [0.15, 0.2) is 29.1 Å². The largest absolute Gasteiger partial charge is 0.464 e. The number of esters is 1. The van der Waals surface area contributed by atoms with Gasteiger partial charge in [-0.15, -0.1) is 0 Å². The van der Waals surface area contributed by atoms with Crippen LogP contribution in [0, 0.1) is 0 Å². The van der Waals surface area contributed by atoms with Crippen LogP contribution in [-0.4, -0.2) is 23.0 Å². The highest BCUT2D eigenvalue weighted by atomic mass is 35.5. The van der Waals surface area contributed by atoms with Crippen LogP contribution in [0.3, 0.4) is 0 Å². The van der Waals surface area contributed by atoms with Crippen LogP contribution >= 0.6 is 23.2 Å². The molecule has 0 aliphatic carbocycles. The maximum absolute atomic E-state index is 11.5. The number of ether oxygens (including phenoxy) is 1. The molecule has 0 bridgehead atoms. The van der Waals surface area contributed by atoms with Crippen molar-refractivity contribution >= 4 is 40.8 Å². The summed E-state index contributed by atoms with van der Waals surface area (Å²) >= 11 is 11.8. The summed E-state index contributed by atoms with van der Waals surface area (Å²) in [5.41, 5.74) is -0.113. The van der Waals surface area contributed by atoms with Crippen molar-refractivity contribution in [3.63, 3.8) is 0 Å². The van der Waals surface area contributed by atoms with Crippen LogP contribution < -0.4 is 10.9 Å². The van der Waals surface area contributed by atoms with Crippen molar-refractivity contribution in [2.75, 3.05) is 12.4 Å². The number of nitrogens with zero attached hydrogens (tertiary/aromatic N) is 1. The third-order valence-corrected chi connectivity index (χ3v) is 2.87. The van der Waals surface area contributed by atoms with Crippen LogP contribution in [-0.2, 0) is 4.74 Å². The molecule has 0 spiro atoms. The van der Waals surface area contributed by atoms with Gasteiger partial charge in [-0.25, -0.2) is 9.78 Å². The van der Waals surface area contributed by atoms with E-state index in [9.17, 15) is 9.59 Å². The minimum atomic E-state index is -0.707. The molecular weight excluding hydrogens is 305 g/mol. The fourth-order valence-corrected chi connectivity index (χ4v) is 1.90. The molecular formula is C12H9Cl2N3O3. The Labute approximate surface area is 123 Å². The molecule has 0 aliphatic rings. The number of rotatable bonds is 3. The number of anilines is 2. The van der Waals surface area contributed by atoms with Gasteiger partial charge in [0.15, 0.2) is 5.69 Å². The average molecular weight is 314 g/mol. The Balaban J connectivity index is 2.36. The maximum Gasteiger partial charge on any atom is 0.357 e. The van der Waals surface area contributed by atoms with Gasteiger partial charge in [-0.1, -0.05) is 23.2 Å². The Morgan fingerprint density at radius 1 is 1.35 bits per heavy atom. The molecule has 8 heteroatoms. The first kappa shape index (κ1) is 14.4. The molecule has 0 fully saturated rings. The molecule has 0 amide bonds. The monoisotopic (exact) mass is 313 g/mol. The molecule has 2 rings (SSSR count). The number of hydrogen-bond donors (Lipinski definition) is 2. The lowest BCUT2D eigenvalue weighted by molar-refractivity contribution is 0.0594. The topological polar surface area (TPSA) is 84.1 Å². The maximum atomic E-state index is 11.5. The number of benzene rings is 1. The Bertz CT molecular complexity index is 715. The SMILES string of the molecule is COC(=O)c1cc(=O)[nH]c(Nc2ccc(Cl)cc2Cl)n1. The number of carbonyl (C=O) groups excluding carboxylic acids is 1. The third kappa shape index (κ3) is 3.28. The third-order valence-electron chi connectivity index (χ3n) is 2.32. The number of hydrogen-bond acceptors (Lipinski definition) is 5.